The summed E-state index contributed by atoms with van der Waals surface area (Å²) >= 11 is 6.68. The van der Waals surface area contributed by atoms with E-state index in [1.807, 2.05) is 13.0 Å². The van der Waals surface area contributed by atoms with Crippen molar-refractivity contribution in [3.05, 3.63) is 50.9 Å². The lowest BCUT2D eigenvalue weighted by Gasteiger charge is -2.23. The van der Waals surface area contributed by atoms with Crippen LogP contribution in [-0.4, -0.2) is 32.0 Å². The van der Waals surface area contributed by atoms with Crippen LogP contribution in [0.25, 0.3) is 0 Å². The lowest BCUT2D eigenvalue weighted by atomic mass is 10.1. The van der Waals surface area contributed by atoms with E-state index in [-0.39, 0.29) is 34.9 Å². The highest BCUT2D eigenvalue weighted by Crippen LogP contribution is 2.40. The van der Waals surface area contributed by atoms with Gasteiger partial charge >= 0.3 is 0 Å². The van der Waals surface area contributed by atoms with Crippen molar-refractivity contribution in [3.8, 4) is 0 Å². The van der Waals surface area contributed by atoms with E-state index in [1.54, 1.807) is 24.3 Å². The number of halogens is 2. The van der Waals surface area contributed by atoms with Crippen LogP contribution in [0.3, 0.4) is 0 Å². The molecule has 0 saturated heterocycles. The van der Waals surface area contributed by atoms with Crippen LogP contribution in [0.15, 0.2) is 50.2 Å². The molecule has 154 valence electrons. The Balaban J connectivity index is 1.82. The molecule has 29 heavy (non-hydrogen) atoms. The zero-order chi connectivity index (χ0) is 21.3. The van der Waals surface area contributed by atoms with E-state index in [0.717, 1.165) is 10.0 Å². The van der Waals surface area contributed by atoms with Gasteiger partial charge < -0.3 is 10.2 Å². The zero-order valence-electron chi connectivity index (χ0n) is 15.9. The lowest BCUT2D eigenvalue weighted by molar-refractivity contribution is -0.117. The summed E-state index contributed by atoms with van der Waals surface area (Å²) in [6.07, 6.45) is 0.399. The Kier molecular flexibility index (Phi) is 6.50. The van der Waals surface area contributed by atoms with Gasteiger partial charge in [0.05, 0.1) is 16.3 Å². The van der Waals surface area contributed by atoms with E-state index >= 15 is 0 Å². The second-order valence-electron chi connectivity index (χ2n) is 6.98. The topological polar surface area (TPSA) is 83.6 Å². The molecule has 0 aromatic heterocycles. The number of anilines is 2. The molecule has 2 aromatic carbocycles. The standard InChI is InChI=1S/C20H20Br2N2O4S/c1-12-9-14-10-16(22)11-18(20(14)24(12)13(2)25)29(27,28)8-7-19(26)23-17-5-3-15(21)4-6-17/h3-6,10-12H,7-9H2,1-2H3,(H,23,26)/t12-/m1/s1. The average molecular weight is 544 g/mol. The third-order valence-corrected chi connectivity index (χ3v) is 7.43. The molecule has 1 atom stereocenters. The van der Waals surface area contributed by atoms with Crippen LogP contribution < -0.4 is 10.2 Å². The van der Waals surface area contributed by atoms with Crippen molar-refractivity contribution in [3.63, 3.8) is 0 Å². The molecule has 1 N–H and O–H groups in total. The summed E-state index contributed by atoms with van der Waals surface area (Å²) in [5, 5.41) is 2.69. The molecule has 2 aromatic rings. The summed E-state index contributed by atoms with van der Waals surface area (Å²) in [6, 6.07) is 10.3. The first-order valence-electron chi connectivity index (χ1n) is 8.99. The van der Waals surface area contributed by atoms with E-state index < -0.39 is 9.84 Å². The molecule has 3 rings (SSSR count). The molecule has 0 spiro atoms. The first kappa shape index (κ1) is 22.0. The van der Waals surface area contributed by atoms with Crippen LogP contribution in [0, 0.1) is 0 Å². The SMILES string of the molecule is CC(=O)N1c2c(cc(Br)cc2S(=O)(=O)CCC(=O)Nc2ccc(Br)cc2)C[C@H]1C. The fourth-order valence-electron chi connectivity index (χ4n) is 3.49. The van der Waals surface area contributed by atoms with Crippen LogP contribution in [0.1, 0.15) is 25.8 Å². The van der Waals surface area contributed by atoms with Crippen molar-refractivity contribution >= 4 is 64.9 Å². The monoisotopic (exact) mass is 542 g/mol. The summed E-state index contributed by atoms with van der Waals surface area (Å²) in [5.74, 6) is -0.944. The maximum Gasteiger partial charge on any atom is 0.225 e. The highest BCUT2D eigenvalue weighted by Gasteiger charge is 2.35. The molecule has 0 unspecified atom stereocenters. The lowest BCUT2D eigenvalue weighted by Crippen LogP contribution is -2.34. The van der Waals surface area contributed by atoms with Crippen molar-refractivity contribution < 1.29 is 18.0 Å². The van der Waals surface area contributed by atoms with E-state index in [4.69, 9.17) is 0 Å². The van der Waals surface area contributed by atoms with Gasteiger partial charge in [-0.05, 0) is 55.3 Å². The minimum Gasteiger partial charge on any atom is -0.326 e. The second kappa shape index (κ2) is 8.57. The predicted octanol–water partition coefficient (Wildman–Crippen LogP) is 4.31. The summed E-state index contributed by atoms with van der Waals surface area (Å²) < 4.78 is 27.7. The van der Waals surface area contributed by atoms with Gasteiger partial charge in [0.25, 0.3) is 0 Å². The molecule has 1 aliphatic rings. The van der Waals surface area contributed by atoms with Gasteiger partial charge in [-0.15, -0.1) is 0 Å². The highest BCUT2D eigenvalue weighted by atomic mass is 79.9. The molecular formula is C20H20Br2N2O4S. The third kappa shape index (κ3) is 4.90. The molecule has 0 bridgehead atoms. The fraction of sp³-hybridized carbons (Fsp3) is 0.300. The fourth-order valence-corrected chi connectivity index (χ4v) is 5.91. The number of carbonyl (C=O) groups is 2. The number of hydrogen-bond donors (Lipinski definition) is 1. The molecule has 6 nitrogen and oxygen atoms in total. The Hall–Kier alpha value is -1.71. The van der Waals surface area contributed by atoms with E-state index in [0.29, 0.717) is 22.3 Å². The smallest absolute Gasteiger partial charge is 0.225 e. The van der Waals surface area contributed by atoms with Gasteiger partial charge in [0.1, 0.15) is 0 Å². The van der Waals surface area contributed by atoms with Crippen LogP contribution in [0.4, 0.5) is 11.4 Å². The Bertz CT molecular complexity index is 1070. The van der Waals surface area contributed by atoms with Gasteiger partial charge in [-0.2, -0.15) is 0 Å². The molecule has 0 aliphatic carbocycles. The van der Waals surface area contributed by atoms with E-state index in [1.165, 1.54) is 17.9 Å². The van der Waals surface area contributed by atoms with Gasteiger partial charge in [-0.1, -0.05) is 31.9 Å². The summed E-state index contributed by atoms with van der Waals surface area (Å²) in [5.41, 5.74) is 1.83. The quantitative estimate of drug-likeness (QED) is 0.609. The number of benzene rings is 2. The molecule has 0 radical (unpaired) electrons. The number of fused-ring (bicyclic) bond motifs is 1. The van der Waals surface area contributed by atoms with Crippen molar-refractivity contribution in [2.45, 2.75) is 37.6 Å². The maximum atomic E-state index is 13.1. The van der Waals surface area contributed by atoms with Crippen molar-refractivity contribution in [1.82, 2.24) is 0 Å². The minimum atomic E-state index is -3.78. The van der Waals surface area contributed by atoms with Gasteiger partial charge in [0.2, 0.25) is 11.8 Å². The number of rotatable bonds is 5. The Morgan fingerprint density at radius 2 is 1.79 bits per heavy atom. The molecule has 0 fully saturated rings. The first-order chi connectivity index (χ1) is 13.6. The number of sulfone groups is 1. The van der Waals surface area contributed by atoms with Crippen LogP contribution in [0.2, 0.25) is 0 Å². The molecule has 2 amide bonds. The maximum absolute atomic E-state index is 13.1. The van der Waals surface area contributed by atoms with Gasteiger partial charge in [-0.3, -0.25) is 9.59 Å². The second-order valence-corrected chi connectivity index (χ2v) is 10.9. The highest BCUT2D eigenvalue weighted by molar-refractivity contribution is 9.10. The number of hydrogen-bond acceptors (Lipinski definition) is 4. The van der Waals surface area contributed by atoms with Gasteiger partial charge in [0, 0.05) is 34.0 Å². The van der Waals surface area contributed by atoms with Crippen molar-refractivity contribution in [2.24, 2.45) is 0 Å². The molecular weight excluding hydrogens is 524 g/mol. The molecule has 1 aliphatic heterocycles. The normalized spacial score (nSPS) is 15.9. The zero-order valence-corrected chi connectivity index (χ0v) is 19.9. The van der Waals surface area contributed by atoms with Crippen LogP contribution >= 0.6 is 31.9 Å². The predicted molar refractivity (Wildman–Crippen MR) is 120 cm³/mol. The number of carbonyl (C=O) groups excluding carboxylic acids is 2. The third-order valence-electron chi connectivity index (χ3n) is 4.72. The summed E-state index contributed by atoms with van der Waals surface area (Å²) in [4.78, 5) is 26.0. The largest absolute Gasteiger partial charge is 0.326 e. The minimum absolute atomic E-state index is 0.0814. The molecule has 9 heteroatoms. The summed E-state index contributed by atoms with van der Waals surface area (Å²) in [7, 11) is -3.78. The average Bonchev–Trinajstić information content (AvgIpc) is 2.97. The Morgan fingerprint density at radius 3 is 2.41 bits per heavy atom. The number of nitrogens with one attached hydrogen (secondary N) is 1. The molecule has 1 heterocycles. The van der Waals surface area contributed by atoms with Crippen molar-refractivity contribution in [1.29, 1.82) is 0 Å². The number of amides is 2. The Morgan fingerprint density at radius 1 is 1.14 bits per heavy atom. The van der Waals surface area contributed by atoms with E-state index in [2.05, 4.69) is 37.2 Å². The first-order valence-corrected chi connectivity index (χ1v) is 12.2. The van der Waals surface area contributed by atoms with Crippen LogP contribution in [-0.2, 0) is 25.8 Å². The van der Waals surface area contributed by atoms with E-state index in [9.17, 15) is 18.0 Å². The summed E-state index contributed by atoms with van der Waals surface area (Å²) in [6.45, 7) is 3.31. The number of nitrogens with zero attached hydrogens (tertiary/aromatic N) is 1. The van der Waals surface area contributed by atoms with Crippen LogP contribution in [0.5, 0.6) is 0 Å². The Labute approximate surface area is 186 Å². The molecule has 0 saturated carbocycles. The van der Waals surface area contributed by atoms with Gasteiger partial charge in [0.15, 0.2) is 9.84 Å². The van der Waals surface area contributed by atoms with Gasteiger partial charge in [-0.25, -0.2) is 8.42 Å². The van der Waals surface area contributed by atoms with Crippen molar-refractivity contribution in [2.75, 3.05) is 16.0 Å².